The number of para-hydroxylation sites is 2. The molecule has 0 spiro atoms. The molecule has 0 bridgehead atoms. The fourth-order valence-corrected chi connectivity index (χ4v) is 4.91. The molecule has 198 valence electrons. The fraction of sp³-hybridized carbons (Fsp3) is 0.0645. The predicted octanol–water partition coefficient (Wildman–Crippen LogP) is 7.70. The minimum Gasteiger partial charge on any atom is -0.493 e. The number of rotatable bonds is 7. The monoisotopic (exact) mass is 613 g/mol. The Morgan fingerprint density at radius 2 is 1.80 bits per heavy atom. The van der Waals surface area contributed by atoms with Crippen LogP contribution >= 0.6 is 27.5 Å². The van der Waals surface area contributed by atoms with E-state index in [0.717, 1.165) is 15.4 Å². The molecule has 6 rings (SSSR count). The number of methoxy groups -OCH3 is 1. The van der Waals surface area contributed by atoms with Gasteiger partial charge < -0.3 is 13.9 Å². The number of ether oxygens (including phenoxy) is 2. The van der Waals surface area contributed by atoms with E-state index in [2.05, 4.69) is 21.0 Å². The topological polar surface area (TPSA) is 78.9 Å². The van der Waals surface area contributed by atoms with E-state index in [-0.39, 0.29) is 18.0 Å². The van der Waals surface area contributed by atoms with Gasteiger partial charge in [0, 0.05) is 20.4 Å². The van der Waals surface area contributed by atoms with Gasteiger partial charge in [0.2, 0.25) is 5.82 Å². The molecule has 0 saturated carbocycles. The van der Waals surface area contributed by atoms with Gasteiger partial charge in [0.05, 0.1) is 24.2 Å². The molecule has 0 unspecified atom stereocenters. The van der Waals surface area contributed by atoms with E-state index in [1.54, 1.807) is 49.7 Å². The van der Waals surface area contributed by atoms with Crippen molar-refractivity contribution in [3.63, 3.8) is 0 Å². The molecule has 0 amide bonds. The van der Waals surface area contributed by atoms with Crippen molar-refractivity contribution in [2.75, 3.05) is 7.11 Å². The van der Waals surface area contributed by atoms with Gasteiger partial charge in [0.15, 0.2) is 17.3 Å². The lowest BCUT2D eigenvalue weighted by molar-refractivity contribution is 0.284. The molecule has 0 saturated heterocycles. The fourth-order valence-electron chi connectivity index (χ4n) is 4.33. The number of furan rings is 1. The molecule has 0 aliphatic heterocycles. The number of hydrogen-bond donors (Lipinski definition) is 0. The van der Waals surface area contributed by atoms with Gasteiger partial charge in [-0.25, -0.2) is 4.98 Å². The molecular weight excluding hydrogens is 594 g/mol. The summed E-state index contributed by atoms with van der Waals surface area (Å²) in [5.41, 5.74) is 2.42. The highest BCUT2D eigenvalue weighted by molar-refractivity contribution is 9.10. The predicted molar refractivity (Wildman–Crippen MR) is 161 cm³/mol. The largest absolute Gasteiger partial charge is 0.493 e. The molecule has 0 aliphatic carbocycles. The highest BCUT2D eigenvalue weighted by Gasteiger charge is 2.17. The molecule has 6 aromatic rings. The van der Waals surface area contributed by atoms with Crippen molar-refractivity contribution in [1.29, 1.82) is 0 Å². The number of aromatic nitrogens is 2. The van der Waals surface area contributed by atoms with Gasteiger partial charge in [0.25, 0.3) is 5.56 Å². The van der Waals surface area contributed by atoms with E-state index in [1.165, 1.54) is 4.68 Å². The second-order valence-electron chi connectivity index (χ2n) is 8.90. The van der Waals surface area contributed by atoms with E-state index in [0.29, 0.717) is 44.3 Å². The lowest BCUT2D eigenvalue weighted by atomic mass is 10.2. The average molecular weight is 615 g/mol. The maximum atomic E-state index is 13.7. The second-order valence-corrected chi connectivity index (χ2v) is 10.3. The maximum absolute atomic E-state index is 13.7. The van der Waals surface area contributed by atoms with Crippen molar-refractivity contribution in [2.45, 2.75) is 6.61 Å². The quantitative estimate of drug-likeness (QED) is 0.172. The SMILES string of the molecule is COc1cc(Br)cc(C=Nn2c(-c3cc4ccccc4o3)nc3ccccc3c2=O)c1OCc1ccc(Cl)cc1. The van der Waals surface area contributed by atoms with Crippen LogP contribution in [0.25, 0.3) is 33.5 Å². The summed E-state index contributed by atoms with van der Waals surface area (Å²) in [6.45, 7) is 0.276. The zero-order valence-electron chi connectivity index (χ0n) is 21.2. The van der Waals surface area contributed by atoms with Crippen molar-refractivity contribution in [3.8, 4) is 23.1 Å². The zero-order chi connectivity index (χ0) is 27.6. The number of nitrogens with zero attached hydrogens (tertiary/aromatic N) is 3. The Morgan fingerprint density at radius 1 is 1.02 bits per heavy atom. The van der Waals surface area contributed by atoms with Crippen LogP contribution in [0.15, 0.2) is 110 Å². The summed E-state index contributed by atoms with van der Waals surface area (Å²) in [6, 6.07) is 27.6. The first-order valence-electron chi connectivity index (χ1n) is 12.3. The highest BCUT2D eigenvalue weighted by Crippen LogP contribution is 2.35. The molecule has 0 atom stereocenters. The first kappa shape index (κ1) is 25.9. The smallest absolute Gasteiger partial charge is 0.282 e. The molecule has 40 heavy (non-hydrogen) atoms. The van der Waals surface area contributed by atoms with Crippen LogP contribution in [0.5, 0.6) is 11.5 Å². The van der Waals surface area contributed by atoms with Gasteiger partial charge in [0.1, 0.15) is 12.2 Å². The molecule has 0 aliphatic rings. The number of hydrogen-bond acceptors (Lipinski definition) is 6. The third-order valence-electron chi connectivity index (χ3n) is 6.28. The second kappa shape index (κ2) is 11.0. The summed E-state index contributed by atoms with van der Waals surface area (Å²) in [4.78, 5) is 18.4. The van der Waals surface area contributed by atoms with E-state index < -0.39 is 0 Å². The van der Waals surface area contributed by atoms with Crippen molar-refractivity contribution in [1.82, 2.24) is 9.66 Å². The van der Waals surface area contributed by atoms with Crippen LogP contribution in [0.4, 0.5) is 0 Å². The normalized spacial score (nSPS) is 11.5. The van der Waals surface area contributed by atoms with Gasteiger partial charge >= 0.3 is 0 Å². The first-order chi connectivity index (χ1) is 19.5. The summed E-state index contributed by atoms with van der Waals surface area (Å²) >= 11 is 9.55. The summed E-state index contributed by atoms with van der Waals surface area (Å²) in [5.74, 6) is 1.68. The minimum absolute atomic E-state index is 0.276. The summed E-state index contributed by atoms with van der Waals surface area (Å²) in [6.07, 6.45) is 1.55. The first-order valence-corrected chi connectivity index (χ1v) is 13.5. The molecule has 0 radical (unpaired) electrons. The standard InChI is InChI=1S/C31H21BrClN3O4/c1-38-27-16-22(32)14-21(29(27)39-18-19-10-12-23(33)13-11-19)17-34-36-30(28-15-20-6-2-5-9-26(20)40-28)35-25-8-4-3-7-24(25)31(36)37/h2-17H,18H2,1H3. The maximum Gasteiger partial charge on any atom is 0.282 e. The molecule has 4 aromatic carbocycles. The minimum atomic E-state index is -0.331. The molecule has 0 fully saturated rings. The van der Waals surface area contributed by atoms with Crippen molar-refractivity contribution >= 4 is 55.6 Å². The Kier molecular flexibility index (Phi) is 7.11. The van der Waals surface area contributed by atoms with Crippen molar-refractivity contribution in [2.24, 2.45) is 5.10 Å². The Morgan fingerprint density at radius 3 is 2.60 bits per heavy atom. The average Bonchev–Trinajstić information content (AvgIpc) is 3.41. The van der Waals surface area contributed by atoms with Crippen molar-refractivity contribution < 1.29 is 13.9 Å². The molecular formula is C31H21BrClN3O4. The molecule has 0 N–H and O–H groups in total. The zero-order valence-corrected chi connectivity index (χ0v) is 23.5. The van der Waals surface area contributed by atoms with Crippen LogP contribution in [0.1, 0.15) is 11.1 Å². The van der Waals surface area contributed by atoms with Crippen LogP contribution in [0.3, 0.4) is 0 Å². The van der Waals surface area contributed by atoms with Crippen LogP contribution in [0, 0.1) is 0 Å². The van der Waals surface area contributed by atoms with Gasteiger partial charge in [-0.2, -0.15) is 9.78 Å². The third-order valence-corrected chi connectivity index (χ3v) is 6.99. The number of benzene rings is 4. The van der Waals surface area contributed by atoms with Crippen LogP contribution in [-0.4, -0.2) is 23.0 Å². The Balaban J connectivity index is 1.47. The van der Waals surface area contributed by atoms with Crippen LogP contribution in [0.2, 0.25) is 5.02 Å². The summed E-state index contributed by atoms with van der Waals surface area (Å²) < 4.78 is 19.9. The van der Waals surface area contributed by atoms with Crippen LogP contribution in [-0.2, 0) is 6.61 Å². The third kappa shape index (κ3) is 5.11. The highest BCUT2D eigenvalue weighted by atomic mass is 79.9. The van der Waals surface area contributed by atoms with Gasteiger partial charge in [-0.3, -0.25) is 4.79 Å². The summed E-state index contributed by atoms with van der Waals surface area (Å²) in [7, 11) is 1.56. The van der Waals surface area contributed by atoms with Gasteiger partial charge in [-0.1, -0.05) is 70.0 Å². The van der Waals surface area contributed by atoms with Crippen LogP contribution < -0.4 is 15.0 Å². The number of halogens is 2. The van der Waals surface area contributed by atoms with E-state index >= 15 is 0 Å². The van der Waals surface area contributed by atoms with E-state index in [1.807, 2.05) is 54.6 Å². The Bertz CT molecular complexity index is 1910. The molecule has 9 heteroatoms. The van der Waals surface area contributed by atoms with Crippen molar-refractivity contribution in [3.05, 3.63) is 122 Å². The van der Waals surface area contributed by atoms with Gasteiger partial charge in [-0.05, 0) is 54.1 Å². The molecule has 2 aromatic heterocycles. The number of fused-ring (bicyclic) bond motifs is 2. The lowest BCUT2D eigenvalue weighted by Gasteiger charge is -2.14. The lowest BCUT2D eigenvalue weighted by Crippen LogP contribution is -2.20. The molecule has 2 heterocycles. The van der Waals surface area contributed by atoms with Gasteiger partial charge in [-0.15, -0.1) is 0 Å². The Hall–Kier alpha value is -4.40. The molecule has 7 nitrogen and oxygen atoms in total. The Labute approximate surface area is 242 Å². The van der Waals surface area contributed by atoms with E-state index in [9.17, 15) is 4.79 Å². The summed E-state index contributed by atoms with van der Waals surface area (Å²) in [5, 5.41) is 6.57. The van der Waals surface area contributed by atoms with E-state index in [4.69, 9.17) is 30.5 Å².